The van der Waals surface area contributed by atoms with Crippen molar-refractivity contribution in [2.75, 3.05) is 24.5 Å². The molecular weight excluding hydrogens is 239 g/mol. The minimum atomic E-state index is -0.122. The van der Waals surface area contributed by atoms with Crippen LogP contribution in [0.5, 0.6) is 0 Å². The summed E-state index contributed by atoms with van der Waals surface area (Å²) in [5, 5.41) is 3.25. The fourth-order valence-corrected chi connectivity index (χ4v) is 2.79. The Morgan fingerprint density at radius 2 is 1.95 bits per heavy atom. The van der Waals surface area contributed by atoms with Gasteiger partial charge in [0.25, 0.3) is 0 Å². The molecule has 1 fully saturated rings. The monoisotopic (exact) mass is 264 g/mol. The van der Waals surface area contributed by atoms with Crippen molar-refractivity contribution in [1.82, 2.24) is 5.32 Å². The van der Waals surface area contributed by atoms with E-state index in [-0.39, 0.29) is 5.82 Å². The van der Waals surface area contributed by atoms with E-state index in [0.717, 1.165) is 43.3 Å². The zero-order valence-electron chi connectivity index (χ0n) is 12.1. The third-order valence-corrected chi connectivity index (χ3v) is 4.08. The van der Waals surface area contributed by atoms with Crippen molar-refractivity contribution in [1.29, 1.82) is 0 Å². The van der Waals surface area contributed by atoms with E-state index >= 15 is 0 Å². The minimum Gasteiger partial charge on any atom is -0.371 e. The zero-order chi connectivity index (χ0) is 13.7. The van der Waals surface area contributed by atoms with Crippen molar-refractivity contribution in [2.45, 2.75) is 39.7 Å². The molecule has 0 bridgehead atoms. The highest BCUT2D eigenvalue weighted by Gasteiger charge is 2.18. The molecule has 2 nitrogen and oxygen atoms in total. The summed E-state index contributed by atoms with van der Waals surface area (Å²) in [5.41, 5.74) is 2.08. The summed E-state index contributed by atoms with van der Waals surface area (Å²) in [6.45, 7) is 8.10. The summed E-state index contributed by atoms with van der Waals surface area (Å²) in [6, 6.07) is 5.42. The van der Waals surface area contributed by atoms with Crippen molar-refractivity contribution >= 4 is 5.69 Å². The largest absolute Gasteiger partial charge is 0.371 e. The van der Waals surface area contributed by atoms with Gasteiger partial charge in [0.05, 0.1) is 0 Å². The number of hydrogen-bond donors (Lipinski definition) is 1. The minimum absolute atomic E-state index is 0.122. The third kappa shape index (κ3) is 3.93. The van der Waals surface area contributed by atoms with Gasteiger partial charge in [0.15, 0.2) is 0 Å². The molecule has 1 aliphatic heterocycles. The Kier molecular flexibility index (Phi) is 5.20. The maximum Gasteiger partial charge on any atom is 0.125 e. The molecule has 0 aliphatic carbocycles. The molecule has 1 aromatic rings. The first-order chi connectivity index (χ1) is 9.22. The molecule has 0 aromatic heterocycles. The van der Waals surface area contributed by atoms with Gasteiger partial charge in [0.1, 0.15) is 5.82 Å². The second-order valence-electron chi connectivity index (χ2n) is 5.44. The predicted octanol–water partition coefficient (Wildman–Crippen LogP) is 3.56. The molecule has 0 saturated carbocycles. The van der Waals surface area contributed by atoms with E-state index in [0.29, 0.717) is 0 Å². The Hall–Kier alpha value is -1.09. The van der Waals surface area contributed by atoms with Gasteiger partial charge in [-0.15, -0.1) is 0 Å². The van der Waals surface area contributed by atoms with Gasteiger partial charge in [0, 0.05) is 25.3 Å². The van der Waals surface area contributed by atoms with Gasteiger partial charge in [0.2, 0.25) is 0 Å². The van der Waals surface area contributed by atoms with Crippen LogP contribution in [0.25, 0.3) is 0 Å². The summed E-state index contributed by atoms with van der Waals surface area (Å²) in [5.74, 6) is 0.731. The number of halogens is 1. The van der Waals surface area contributed by atoms with E-state index in [1.54, 1.807) is 12.1 Å². The molecule has 0 atom stereocenters. The lowest BCUT2D eigenvalue weighted by molar-refractivity contribution is 0.395. The van der Waals surface area contributed by atoms with Crippen LogP contribution in [-0.4, -0.2) is 19.6 Å². The number of nitrogens with zero attached hydrogens (tertiary/aromatic N) is 1. The van der Waals surface area contributed by atoms with Crippen molar-refractivity contribution < 1.29 is 4.39 Å². The Bertz CT molecular complexity index is 398. The van der Waals surface area contributed by atoms with E-state index in [2.05, 4.69) is 30.1 Å². The summed E-state index contributed by atoms with van der Waals surface area (Å²) < 4.78 is 13.7. The van der Waals surface area contributed by atoms with Gasteiger partial charge >= 0.3 is 0 Å². The molecule has 106 valence electrons. The van der Waals surface area contributed by atoms with Crippen LogP contribution in [-0.2, 0) is 6.54 Å². The highest BCUT2D eigenvalue weighted by molar-refractivity contribution is 5.49. The SMILES string of the molecule is CCNCc1cc(F)cc(N2CCC(CC)CC2)c1. The average molecular weight is 264 g/mol. The topological polar surface area (TPSA) is 15.3 Å². The van der Waals surface area contributed by atoms with Crippen LogP contribution in [0.4, 0.5) is 10.1 Å². The van der Waals surface area contributed by atoms with Gasteiger partial charge in [-0.25, -0.2) is 4.39 Å². The second-order valence-corrected chi connectivity index (χ2v) is 5.44. The molecule has 0 radical (unpaired) electrons. The first kappa shape index (κ1) is 14.3. The van der Waals surface area contributed by atoms with Crippen LogP contribution >= 0.6 is 0 Å². The Morgan fingerprint density at radius 3 is 2.58 bits per heavy atom. The quantitative estimate of drug-likeness (QED) is 0.874. The van der Waals surface area contributed by atoms with Crippen molar-refractivity contribution in [3.63, 3.8) is 0 Å². The van der Waals surface area contributed by atoms with Crippen molar-refractivity contribution in [3.8, 4) is 0 Å². The van der Waals surface area contributed by atoms with Crippen LogP contribution in [0.1, 0.15) is 38.7 Å². The van der Waals surface area contributed by atoms with Gasteiger partial charge in [-0.3, -0.25) is 0 Å². The Balaban J connectivity index is 2.05. The Labute approximate surface area is 116 Å². The lowest BCUT2D eigenvalue weighted by atomic mass is 9.94. The molecule has 1 aliphatic rings. The van der Waals surface area contributed by atoms with E-state index in [4.69, 9.17) is 0 Å². The molecular formula is C16H25FN2. The van der Waals surface area contributed by atoms with Gasteiger partial charge in [-0.05, 0) is 49.1 Å². The number of hydrogen-bond acceptors (Lipinski definition) is 2. The van der Waals surface area contributed by atoms with Crippen LogP contribution in [0.3, 0.4) is 0 Å². The molecule has 0 amide bonds. The lowest BCUT2D eigenvalue weighted by Gasteiger charge is -2.33. The smallest absolute Gasteiger partial charge is 0.125 e. The zero-order valence-corrected chi connectivity index (χ0v) is 12.1. The van der Waals surface area contributed by atoms with Crippen LogP contribution < -0.4 is 10.2 Å². The fourth-order valence-electron chi connectivity index (χ4n) is 2.79. The second kappa shape index (κ2) is 6.90. The number of benzene rings is 1. The average Bonchev–Trinajstić information content (AvgIpc) is 2.44. The van der Waals surface area contributed by atoms with E-state index in [1.807, 2.05) is 0 Å². The fraction of sp³-hybridized carbons (Fsp3) is 0.625. The highest BCUT2D eigenvalue weighted by atomic mass is 19.1. The number of rotatable bonds is 5. The molecule has 0 unspecified atom stereocenters. The van der Waals surface area contributed by atoms with Gasteiger partial charge in [-0.1, -0.05) is 20.3 Å². The van der Waals surface area contributed by atoms with Crippen molar-refractivity contribution in [2.24, 2.45) is 5.92 Å². The van der Waals surface area contributed by atoms with Crippen molar-refractivity contribution in [3.05, 3.63) is 29.6 Å². The maximum absolute atomic E-state index is 13.7. The first-order valence-electron chi connectivity index (χ1n) is 7.48. The van der Waals surface area contributed by atoms with Crippen LogP contribution in [0.2, 0.25) is 0 Å². The van der Waals surface area contributed by atoms with E-state index in [1.165, 1.54) is 19.3 Å². The van der Waals surface area contributed by atoms with E-state index in [9.17, 15) is 4.39 Å². The lowest BCUT2D eigenvalue weighted by Crippen LogP contribution is -2.33. The maximum atomic E-state index is 13.7. The summed E-state index contributed by atoms with van der Waals surface area (Å²) in [6.07, 6.45) is 3.73. The van der Waals surface area contributed by atoms with Crippen LogP contribution in [0, 0.1) is 11.7 Å². The Morgan fingerprint density at radius 1 is 1.21 bits per heavy atom. The molecule has 1 aromatic carbocycles. The number of anilines is 1. The third-order valence-electron chi connectivity index (χ3n) is 4.08. The molecule has 0 spiro atoms. The van der Waals surface area contributed by atoms with Gasteiger partial charge < -0.3 is 10.2 Å². The number of nitrogens with one attached hydrogen (secondary N) is 1. The van der Waals surface area contributed by atoms with Crippen LogP contribution in [0.15, 0.2) is 18.2 Å². The standard InChI is InChI=1S/C16H25FN2/c1-3-13-5-7-19(8-6-13)16-10-14(12-18-4-2)9-15(17)11-16/h9-11,13,18H,3-8,12H2,1-2H3. The summed E-state index contributed by atoms with van der Waals surface area (Å²) >= 11 is 0. The molecule has 19 heavy (non-hydrogen) atoms. The molecule has 1 saturated heterocycles. The summed E-state index contributed by atoms with van der Waals surface area (Å²) in [7, 11) is 0. The molecule has 1 N–H and O–H groups in total. The molecule has 1 heterocycles. The molecule has 3 heteroatoms. The predicted molar refractivity (Wildman–Crippen MR) is 79.0 cm³/mol. The highest BCUT2D eigenvalue weighted by Crippen LogP contribution is 2.26. The first-order valence-corrected chi connectivity index (χ1v) is 7.48. The van der Waals surface area contributed by atoms with E-state index < -0.39 is 0 Å². The van der Waals surface area contributed by atoms with Gasteiger partial charge in [-0.2, -0.15) is 0 Å². The number of piperidine rings is 1. The molecule has 2 rings (SSSR count). The normalized spacial score (nSPS) is 16.9. The summed E-state index contributed by atoms with van der Waals surface area (Å²) in [4.78, 5) is 2.32.